The van der Waals surface area contributed by atoms with E-state index < -0.39 is 0 Å². The Morgan fingerprint density at radius 2 is 2.36 bits per heavy atom. The summed E-state index contributed by atoms with van der Waals surface area (Å²) in [6.45, 7) is 0. The van der Waals surface area contributed by atoms with Crippen LogP contribution in [0.5, 0.6) is 0 Å². The summed E-state index contributed by atoms with van der Waals surface area (Å²) in [5.41, 5.74) is 4.18. The molecule has 0 amide bonds. The molecule has 4 N–H and O–H groups in total. The number of halogens is 1. The number of thioether (sulfide) groups is 1. The van der Waals surface area contributed by atoms with Gasteiger partial charge >= 0.3 is 153 Å². The van der Waals surface area contributed by atoms with Gasteiger partial charge in [-0.3, -0.25) is 0 Å². The number of hydrazone groups is 1. The monoisotopic (exact) mass is 453 g/mol. The third-order valence-corrected chi connectivity index (χ3v) is 5.71. The molecule has 0 saturated heterocycles. The van der Waals surface area contributed by atoms with Gasteiger partial charge in [0.05, 0.1) is 0 Å². The number of hydrogen-bond acceptors (Lipinski definition) is 6. The van der Waals surface area contributed by atoms with Crippen molar-refractivity contribution < 1.29 is 21.8 Å². The zero-order valence-electron chi connectivity index (χ0n) is 12.8. The molecule has 6 nitrogen and oxygen atoms in total. The molecular formula is C13H22IN6S2-. The Hall–Kier alpha value is -0.490. The third kappa shape index (κ3) is 8.22. The van der Waals surface area contributed by atoms with Crippen LogP contribution >= 0.6 is 24.0 Å². The van der Waals surface area contributed by atoms with Crippen molar-refractivity contribution in [1.82, 2.24) is 19.6 Å². The van der Waals surface area contributed by atoms with E-state index in [2.05, 4.69) is 52.4 Å². The zero-order chi connectivity index (χ0) is 16.2. The summed E-state index contributed by atoms with van der Waals surface area (Å²) in [4.78, 5) is 0. The van der Waals surface area contributed by atoms with E-state index in [1.807, 2.05) is 19.5 Å². The van der Waals surface area contributed by atoms with Gasteiger partial charge in [0, 0.05) is 0 Å². The second kappa shape index (κ2) is 12.0. The van der Waals surface area contributed by atoms with Crippen LogP contribution in [0.3, 0.4) is 0 Å². The standard InChI is InChI=1S/C13H22IN6S2/c1-15-12(21)20-18-9-11-6-4-10(5-7-11)8-17-14-19-13(16-2)22-3/h4-6,8-9,11,13,16,19H,7H2,1-3H3,(H2,15,20,21)/q-1/b17-8?,18-9+. The summed E-state index contributed by atoms with van der Waals surface area (Å²) in [5, 5.41) is 10.6. The van der Waals surface area contributed by atoms with Crippen LogP contribution in [0.25, 0.3) is 0 Å². The van der Waals surface area contributed by atoms with Crippen molar-refractivity contribution in [3.8, 4) is 0 Å². The quantitative estimate of drug-likeness (QED) is 0.0853. The summed E-state index contributed by atoms with van der Waals surface area (Å²) in [6.07, 6.45) is 13.1. The first-order chi connectivity index (χ1) is 10.7. The van der Waals surface area contributed by atoms with Gasteiger partial charge in [-0.25, -0.2) is 0 Å². The normalized spacial score (nSPS) is 19.6. The van der Waals surface area contributed by atoms with Crippen LogP contribution in [0, 0.1) is 5.92 Å². The number of hydrogen-bond donors (Lipinski definition) is 4. The van der Waals surface area contributed by atoms with E-state index >= 15 is 0 Å². The number of thiocarbonyl (C=S) groups is 1. The molecular weight excluding hydrogens is 431 g/mol. The fourth-order valence-corrected chi connectivity index (χ4v) is 4.07. The summed E-state index contributed by atoms with van der Waals surface area (Å²) in [5.74, 6) is 0.294. The Bertz CT molecular complexity index is 459. The molecule has 124 valence electrons. The van der Waals surface area contributed by atoms with Gasteiger partial charge in [-0.1, -0.05) is 0 Å². The molecule has 0 bridgehead atoms. The fraction of sp³-hybridized carbons (Fsp3) is 0.462. The van der Waals surface area contributed by atoms with Gasteiger partial charge in [0.1, 0.15) is 0 Å². The Morgan fingerprint density at radius 3 is 2.95 bits per heavy atom. The van der Waals surface area contributed by atoms with Crippen LogP contribution in [0.1, 0.15) is 6.42 Å². The van der Waals surface area contributed by atoms with Gasteiger partial charge in [-0.05, 0) is 0 Å². The van der Waals surface area contributed by atoms with Crippen LogP contribution in [0.4, 0.5) is 0 Å². The molecule has 1 aliphatic rings. The van der Waals surface area contributed by atoms with E-state index in [0.29, 0.717) is 11.0 Å². The van der Waals surface area contributed by atoms with Crippen molar-refractivity contribution >= 4 is 41.5 Å². The molecule has 0 aromatic heterocycles. The molecule has 1 rings (SSSR count). The Kier molecular flexibility index (Phi) is 10.7. The van der Waals surface area contributed by atoms with Gasteiger partial charge in [-0.2, -0.15) is 0 Å². The molecule has 0 spiro atoms. The Balaban J connectivity index is 2.30. The molecule has 0 aromatic carbocycles. The first kappa shape index (κ1) is 19.6. The van der Waals surface area contributed by atoms with Crippen molar-refractivity contribution in [3.63, 3.8) is 0 Å². The maximum absolute atomic E-state index is 4.94. The van der Waals surface area contributed by atoms with Crippen molar-refractivity contribution in [1.29, 1.82) is 0 Å². The zero-order valence-corrected chi connectivity index (χ0v) is 16.6. The van der Waals surface area contributed by atoms with Crippen LogP contribution in [-0.4, -0.2) is 43.4 Å². The van der Waals surface area contributed by atoms with E-state index in [-0.39, 0.29) is 27.3 Å². The molecule has 0 saturated carbocycles. The topological polar surface area (TPSA) is 72.8 Å². The Morgan fingerprint density at radius 1 is 1.55 bits per heavy atom. The van der Waals surface area contributed by atoms with Gasteiger partial charge in [0.15, 0.2) is 0 Å². The van der Waals surface area contributed by atoms with Crippen LogP contribution in [-0.2, 0) is 0 Å². The fourth-order valence-electron chi connectivity index (χ4n) is 1.48. The van der Waals surface area contributed by atoms with Crippen molar-refractivity contribution in [2.45, 2.75) is 11.9 Å². The predicted octanol–water partition coefficient (Wildman–Crippen LogP) is -1.99. The van der Waals surface area contributed by atoms with Crippen LogP contribution in [0.2, 0.25) is 0 Å². The van der Waals surface area contributed by atoms with Gasteiger partial charge in [0.25, 0.3) is 0 Å². The first-order valence-corrected chi connectivity index (χ1v) is 10.4. The van der Waals surface area contributed by atoms with E-state index in [4.69, 9.17) is 12.2 Å². The minimum absolute atomic E-state index is 0.276. The van der Waals surface area contributed by atoms with Crippen LogP contribution < -0.4 is 41.3 Å². The summed E-state index contributed by atoms with van der Waals surface area (Å²) < 4.78 is 7.86. The summed E-state index contributed by atoms with van der Waals surface area (Å²) in [6, 6.07) is 0. The molecule has 9 heteroatoms. The third-order valence-electron chi connectivity index (χ3n) is 2.71. The molecule has 1 aliphatic carbocycles. The SMILES string of the molecule is CNC(=S)N/N=C/C1C=CC(C=N[I-]NC(NC)SC)=CC1. The average Bonchev–Trinajstić information content (AvgIpc) is 2.56. The Labute approximate surface area is 152 Å². The van der Waals surface area contributed by atoms with Crippen molar-refractivity contribution in [2.24, 2.45) is 14.2 Å². The number of rotatable bonds is 8. The predicted molar refractivity (Wildman–Crippen MR) is 96.6 cm³/mol. The van der Waals surface area contributed by atoms with E-state index in [0.717, 1.165) is 12.0 Å². The number of nitrogens with zero attached hydrogens (tertiary/aromatic N) is 2. The molecule has 0 radical (unpaired) electrons. The second-order valence-electron chi connectivity index (χ2n) is 4.26. The van der Waals surface area contributed by atoms with Gasteiger partial charge in [-0.15, -0.1) is 0 Å². The van der Waals surface area contributed by atoms with Crippen molar-refractivity contribution in [2.75, 3.05) is 20.4 Å². The van der Waals surface area contributed by atoms with E-state index in [1.54, 1.807) is 18.8 Å². The molecule has 0 aromatic rings. The van der Waals surface area contributed by atoms with Crippen LogP contribution in [0.15, 0.2) is 32.1 Å². The summed E-state index contributed by atoms with van der Waals surface area (Å²) >= 11 is 6.30. The minimum atomic E-state index is -0.382. The van der Waals surface area contributed by atoms with Crippen molar-refractivity contribution in [3.05, 3.63) is 23.8 Å². The molecule has 22 heavy (non-hydrogen) atoms. The molecule has 2 atom stereocenters. The molecule has 0 heterocycles. The second-order valence-corrected chi connectivity index (χ2v) is 7.27. The van der Waals surface area contributed by atoms with E-state index in [1.165, 1.54) is 0 Å². The van der Waals surface area contributed by atoms with E-state index in [9.17, 15) is 0 Å². The molecule has 0 fully saturated rings. The average molecular weight is 453 g/mol. The number of allylic oxidation sites excluding steroid dienone is 4. The number of nitrogens with one attached hydrogen (secondary N) is 4. The first-order valence-electron chi connectivity index (χ1n) is 6.71. The van der Waals surface area contributed by atoms with Gasteiger partial charge in [0.2, 0.25) is 0 Å². The van der Waals surface area contributed by atoms with Gasteiger partial charge < -0.3 is 0 Å². The molecule has 0 aliphatic heterocycles. The molecule has 2 unspecified atom stereocenters. The maximum atomic E-state index is 4.94. The summed E-state index contributed by atoms with van der Waals surface area (Å²) in [7, 11) is 3.70.